The molecule has 3 aromatic rings. The largest absolute Gasteiger partial charge is 0.341 e. The fraction of sp³-hybridized carbons (Fsp3) is 0.250. The van der Waals surface area contributed by atoms with Gasteiger partial charge in [0.2, 0.25) is 5.91 Å². The van der Waals surface area contributed by atoms with E-state index in [9.17, 15) is 9.59 Å². The number of carbonyl (C=O) groups excluding carboxylic acids is 1. The third-order valence-corrected chi connectivity index (χ3v) is 5.29. The summed E-state index contributed by atoms with van der Waals surface area (Å²) in [5, 5.41) is 10.4. The zero-order valence-corrected chi connectivity index (χ0v) is 15.4. The summed E-state index contributed by atoms with van der Waals surface area (Å²) in [6.45, 7) is 0.765. The number of hydrogen-bond acceptors (Lipinski definition) is 5. The lowest BCUT2D eigenvalue weighted by molar-refractivity contribution is -0.130. The molecule has 0 saturated heterocycles. The molecule has 0 radical (unpaired) electrons. The molecule has 0 unspecified atom stereocenters. The summed E-state index contributed by atoms with van der Waals surface area (Å²) in [6.07, 6.45) is 0.204. The smallest absolute Gasteiger partial charge is 0.277 e. The van der Waals surface area contributed by atoms with Crippen LogP contribution in [0.4, 0.5) is 0 Å². The van der Waals surface area contributed by atoms with Crippen LogP contribution in [0, 0.1) is 0 Å². The Hall–Kier alpha value is -2.06. The number of benzene rings is 1. The number of fused-ring (bicyclic) bond motifs is 1. The summed E-state index contributed by atoms with van der Waals surface area (Å²) in [7, 11) is 1.75. The molecule has 6 nitrogen and oxygen atoms in total. The molecule has 0 aliphatic rings. The van der Waals surface area contributed by atoms with Gasteiger partial charge >= 0.3 is 0 Å². The standard InChI is InChI=1S/C16H15BrN4O2S/c1-20(9-12-8-11(17)10-24-12)15(22)6-7-21-16(23)13-4-2-3-5-14(13)18-19-21/h2-5,8,10H,6-7,9H2,1H3. The molecule has 3 rings (SSSR count). The Morgan fingerprint density at radius 3 is 2.92 bits per heavy atom. The lowest BCUT2D eigenvalue weighted by Crippen LogP contribution is -2.30. The van der Waals surface area contributed by atoms with Gasteiger partial charge in [-0.2, -0.15) is 0 Å². The minimum atomic E-state index is -0.224. The number of carbonyl (C=O) groups is 1. The van der Waals surface area contributed by atoms with Crippen LogP contribution in [0.5, 0.6) is 0 Å². The van der Waals surface area contributed by atoms with Gasteiger partial charge in [0, 0.05) is 28.2 Å². The molecule has 0 spiro atoms. The molecule has 0 atom stereocenters. The van der Waals surface area contributed by atoms with Crippen LogP contribution in [-0.4, -0.2) is 32.8 Å². The van der Waals surface area contributed by atoms with E-state index in [0.717, 1.165) is 9.35 Å². The Kier molecular flexibility index (Phi) is 5.06. The second-order valence-electron chi connectivity index (χ2n) is 5.37. The van der Waals surface area contributed by atoms with E-state index in [1.807, 2.05) is 17.5 Å². The van der Waals surface area contributed by atoms with Gasteiger partial charge in [-0.15, -0.1) is 16.4 Å². The van der Waals surface area contributed by atoms with E-state index in [2.05, 4.69) is 26.2 Å². The third kappa shape index (κ3) is 3.70. The van der Waals surface area contributed by atoms with Crippen LogP contribution in [0.2, 0.25) is 0 Å². The molecule has 1 amide bonds. The number of hydrogen-bond donors (Lipinski definition) is 0. The Morgan fingerprint density at radius 2 is 2.17 bits per heavy atom. The minimum Gasteiger partial charge on any atom is -0.341 e. The summed E-state index contributed by atoms with van der Waals surface area (Å²) < 4.78 is 2.26. The van der Waals surface area contributed by atoms with Gasteiger partial charge in [0.05, 0.1) is 18.5 Å². The first-order chi connectivity index (χ1) is 11.5. The Labute approximate surface area is 150 Å². The SMILES string of the molecule is CN(Cc1cc(Br)cs1)C(=O)CCn1nnc2ccccc2c1=O. The van der Waals surface area contributed by atoms with Gasteiger partial charge in [-0.1, -0.05) is 17.3 Å². The predicted molar refractivity (Wildman–Crippen MR) is 96.9 cm³/mol. The lowest BCUT2D eigenvalue weighted by Gasteiger charge is -2.16. The molecule has 8 heteroatoms. The van der Waals surface area contributed by atoms with Crippen LogP contribution >= 0.6 is 27.3 Å². The highest BCUT2D eigenvalue weighted by molar-refractivity contribution is 9.10. The highest BCUT2D eigenvalue weighted by Crippen LogP contribution is 2.21. The van der Waals surface area contributed by atoms with Crippen LogP contribution in [0.15, 0.2) is 45.0 Å². The van der Waals surface area contributed by atoms with Crippen molar-refractivity contribution in [1.82, 2.24) is 19.9 Å². The Balaban J connectivity index is 1.65. The topological polar surface area (TPSA) is 68.1 Å². The second kappa shape index (κ2) is 7.23. The molecule has 0 saturated carbocycles. The molecule has 0 bridgehead atoms. The molecule has 124 valence electrons. The van der Waals surface area contributed by atoms with E-state index in [1.165, 1.54) is 4.68 Å². The van der Waals surface area contributed by atoms with Gasteiger partial charge in [0.15, 0.2) is 0 Å². The monoisotopic (exact) mass is 406 g/mol. The molecule has 1 aromatic carbocycles. The number of amides is 1. The molecule has 0 fully saturated rings. The molecule has 0 aliphatic carbocycles. The van der Waals surface area contributed by atoms with Gasteiger partial charge in [0.25, 0.3) is 5.56 Å². The van der Waals surface area contributed by atoms with Gasteiger partial charge in [-0.3, -0.25) is 9.59 Å². The van der Waals surface area contributed by atoms with Crippen molar-refractivity contribution in [3.8, 4) is 0 Å². The van der Waals surface area contributed by atoms with E-state index in [-0.39, 0.29) is 24.4 Å². The fourth-order valence-electron chi connectivity index (χ4n) is 2.32. The fourth-order valence-corrected chi connectivity index (χ4v) is 3.82. The number of halogens is 1. The van der Waals surface area contributed by atoms with E-state index in [0.29, 0.717) is 17.4 Å². The Bertz CT molecular complexity index is 937. The maximum atomic E-state index is 12.3. The summed E-state index contributed by atoms with van der Waals surface area (Å²) in [4.78, 5) is 27.3. The summed E-state index contributed by atoms with van der Waals surface area (Å²) in [5.41, 5.74) is 0.337. The normalized spacial score (nSPS) is 10.9. The van der Waals surface area contributed by atoms with Gasteiger partial charge in [-0.05, 0) is 34.1 Å². The van der Waals surface area contributed by atoms with Crippen molar-refractivity contribution in [3.63, 3.8) is 0 Å². The van der Waals surface area contributed by atoms with Crippen molar-refractivity contribution in [2.75, 3.05) is 7.05 Å². The zero-order chi connectivity index (χ0) is 17.1. The number of thiophene rings is 1. The van der Waals surface area contributed by atoms with Gasteiger partial charge in [-0.25, -0.2) is 4.68 Å². The maximum Gasteiger partial charge on any atom is 0.277 e. The van der Waals surface area contributed by atoms with Crippen molar-refractivity contribution in [1.29, 1.82) is 0 Å². The van der Waals surface area contributed by atoms with Gasteiger partial charge < -0.3 is 4.90 Å². The quantitative estimate of drug-likeness (QED) is 0.652. The van der Waals surface area contributed by atoms with E-state index in [1.54, 1.807) is 41.5 Å². The second-order valence-corrected chi connectivity index (χ2v) is 7.28. The zero-order valence-electron chi connectivity index (χ0n) is 13.0. The average Bonchev–Trinajstić information content (AvgIpc) is 2.99. The highest BCUT2D eigenvalue weighted by Gasteiger charge is 2.12. The molecule has 2 aromatic heterocycles. The molecule has 2 heterocycles. The van der Waals surface area contributed by atoms with E-state index < -0.39 is 0 Å². The summed E-state index contributed by atoms with van der Waals surface area (Å²) in [6, 6.07) is 9.04. The predicted octanol–water partition coefficient (Wildman–Crippen LogP) is 2.66. The molecule has 0 aliphatic heterocycles. The first-order valence-electron chi connectivity index (χ1n) is 7.34. The van der Waals surface area contributed by atoms with Gasteiger partial charge in [0.1, 0.15) is 5.52 Å². The van der Waals surface area contributed by atoms with Crippen molar-refractivity contribution in [2.24, 2.45) is 0 Å². The number of aromatic nitrogens is 3. The van der Waals surface area contributed by atoms with E-state index in [4.69, 9.17) is 0 Å². The summed E-state index contributed by atoms with van der Waals surface area (Å²) >= 11 is 5.00. The molecular formula is C16H15BrN4O2S. The first-order valence-corrected chi connectivity index (χ1v) is 9.01. The van der Waals surface area contributed by atoms with E-state index >= 15 is 0 Å². The number of aryl methyl sites for hydroxylation is 1. The summed E-state index contributed by atoms with van der Waals surface area (Å²) in [5.74, 6) is -0.0404. The number of nitrogens with zero attached hydrogens (tertiary/aromatic N) is 4. The molecule has 0 N–H and O–H groups in total. The van der Waals surface area contributed by atoms with Crippen molar-refractivity contribution < 1.29 is 4.79 Å². The molecule has 24 heavy (non-hydrogen) atoms. The number of rotatable bonds is 5. The van der Waals surface area contributed by atoms with Crippen LogP contribution in [0.25, 0.3) is 10.9 Å². The van der Waals surface area contributed by atoms with Crippen LogP contribution in [0.3, 0.4) is 0 Å². The van der Waals surface area contributed by atoms with Crippen molar-refractivity contribution in [3.05, 3.63) is 55.4 Å². The Morgan fingerprint density at radius 1 is 1.38 bits per heavy atom. The van der Waals surface area contributed by atoms with Crippen molar-refractivity contribution >= 4 is 44.1 Å². The van der Waals surface area contributed by atoms with Crippen LogP contribution in [0.1, 0.15) is 11.3 Å². The average molecular weight is 407 g/mol. The first kappa shape index (κ1) is 16.8. The van der Waals surface area contributed by atoms with Crippen molar-refractivity contribution in [2.45, 2.75) is 19.5 Å². The highest BCUT2D eigenvalue weighted by atomic mass is 79.9. The lowest BCUT2D eigenvalue weighted by atomic mass is 10.2. The maximum absolute atomic E-state index is 12.3. The minimum absolute atomic E-state index is 0.0404. The van der Waals surface area contributed by atoms with Crippen LogP contribution in [-0.2, 0) is 17.9 Å². The van der Waals surface area contributed by atoms with Crippen LogP contribution < -0.4 is 5.56 Å². The third-order valence-electron chi connectivity index (χ3n) is 3.61. The molecular weight excluding hydrogens is 392 g/mol.